The van der Waals surface area contributed by atoms with Crippen LogP contribution >= 0.6 is 11.8 Å². The van der Waals surface area contributed by atoms with Crippen molar-refractivity contribution in [2.24, 2.45) is 7.05 Å². The minimum absolute atomic E-state index is 0.0670. The van der Waals surface area contributed by atoms with Gasteiger partial charge in [0.05, 0.1) is 11.7 Å². The number of anilines is 1. The van der Waals surface area contributed by atoms with Crippen molar-refractivity contribution in [3.05, 3.63) is 41.7 Å². The standard InChI is InChI=1S/C16H18N4O2S/c1-10-3-4-13-11(7-10)12(15(22)19-13)8-18-14(21)9-23-16-17-5-6-20(16)2/h3-7,12H,8-9H2,1-2H3,(H,18,21)(H,19,22)/t12-/m0/s1. The van der Waals surface area contributed by atoms with E-state index in [-0.39, 0.29) is 23.5 Å². The Morgan fingerprint density at radius 1 is 1.48 bits per heavy atom. The number of aryl methyl sites for hydroxylation is 2. The van der Waals surface area contributed by atoms with Crippen molar-refractivity contribution in [1.82, 2.24) is 14.9 Å². The van der Waals surface area contributed by atoms with E-state index in [2.05, 4.69) is 15.6 Å². The lowest BCUT2D eigenvalue weighted by molar-refractivity contribution is -0.119. The van der Waals surface area contributed by atoms with Crippen LogP contribution in [0.25, 0.3) is 0 Å². The maximum atomic E-state index is 12.1. The summed E-state index contributed by atoms with van der Waals surface area (Å²) in [7, 11) is 1.88. The third kappa shape index (κ3) is 3.39. The van der Waals surface area contributed by atoms with Crippen LogP contribution in [0.2, 0.25) is 0 Å². The number of imidazole rings is 1. The van der Waals surface area contributed by atoms with Crippen LogP contribution in [-0.4, -0.2) is 33.7 Å². The predicted octanol–water partition coefficient (Wildman–Crippen LogP) is 1.67. The van der Waals surface area contributed by atoms with Crippen molar-refractivity contribution in [2.45, 2.75) is 18.0 Å². The molecule has 120 valence electrons. The molecule has 23 heavy (non-hydrogen) atoms. The number of carbonyl (C=O) groups is 2. The fourth-order valence-electron chi connectivity index (χ4n) is 2.54. The fourth-order valence-corrected chi connectivity index (χ4v) is 3.30. The van der Waals surface area contributed by atoms with Gasteiger partial charge in [0, 0.05) is 31.7 Å². The Bertz CT molecular complexity index is 756. The first-order valence-corrected chi connectivity index (χ1v) is 8.31. The van der Waals surface area contributed by atoms with Crippen LogP contribution in [0.5, 0.6) is 0 Å². The molecule has 7 heteroatoms. The number of nitrogens with one attached hydrogen (secondary N) is 2. The largest absolute Gasteiger partial charge is 0.354 e. The molecule has 0 saturated carbocycles. The number of thioether (sulfide) groups is 1. The molecule has 1 aromatic heterocycles. The van der Waals surface area contributed by atoms with Crippen LogP contribution in [0.3, 0.4) is 0 Å². The molecule has 2 N–H and O–H groups in total. The predicted molar refractivity (Wildman–Crippen MR) is 89.5 cm³/mol. The molecule has 6 nitrogen and oxygen atoms in total. The maximum absolute atomic E-state index is 12.1. The van der Waals surface area contributed by atoms with Crippen molar-refractivity contribution in [3.63, 3.8) is 0 Å². The minimum atomic E-state index is -0.327. The van der Waals surface area contributed by atoms with Gasteiger partial charge >= 0.3 is 0 Å². The summed E-state index contributed by atoms with van der Waals surface area (Å²) in [6.45, 7) is 2.30. The van der Waals surface area contributed by atoms with Gasteiger partial charge in [0.25, 0.3) is 0 Å². The lowest BCUT2D eigenvalue weighted by Crippen LogP contribution is -2.32. The summed E-state index contributed by atoms with van der Waals surface area (Å²) >= 11 is 1.37. The first kappa shape index (κ1) is 15.6. The van der Waals surface area contributed by atoms with Gasteiger partial charge in [-0.1, -0.05) is 29.5 Å². The molecule has 0 aliphatic carbocycles. The smallest absolute Gasteiger partial charge is 0.233 e. The van der Waals surface area contributed by atoms with Gasteiger partial charge in [-0.15, -0.1) is 0 Å². The highest BCUT2D eigenvalue weighted by Crippen LogP contribution is 2.32. The van der Waals surface area contributed by atoms with Gasteiger partial charge in [0.1, 0.15) is 0 Å². The Morgan fingerprint density at radius 2 is 2.30 bits per heavy atom. The normalized spacial score (nSPS) is 16.1. The van der Waals surface area contributed by atoms with Gasteiger partial charge in [0.15, 0.2) is 5.16 Å². The summed E-state index contributed by atoms with van der Waals surface area (Å²) in [5, 5.41) is 6.48. The molecule has 0 unspecified atom stereocenters. The van der Waals surface area contributed by atoms with Gasteiger partial charge < -0.3 is 15.2 Å². The van der Waals surface area contributed by atoms with Crippen LogP contribution in [0.1, 0.15) is 17.0 Å². The summed E-state index contributed by atoms with van der Waals surface area (Å²) in [5.74, 6) is -0.221. The van der Waals surface area contributed by atoms with Gasteiger partial charge in [-0.25, -0.2) is 4.98 Å². The molecule has 1 atom stereocenters. The molecule has 0 spiro atoms. The SMILES string of the molecule is Cc1ccc2c(c1)[C@H](CNC(=O)CSc1nccn1C)C(=O)N2. The van der Waals surface area contributed by atoms with Gasteiger partial charge in [-0.05, 0) is 18.6 Å². The molecule has 2 amide bonds. The lowest BCUT2D eigenvalue weighted by Gasteiger charge is -2.11. The summed E-state index contributed by atoms with van der Waals surface area (Å²) in [4.78, 5) is 28.2. The molecule has 2 heterocycles. The summed E-state index contributed by atoms with van der Waals surface area (Å²) in [6.07, 6.45) is 3.53. The Balaban J connectivity index is 1.56. The number of amides is 2. The first-order valence-electron chi connectivity index (χ1n) is 7.33. The molecule has 1 aromatic carbocycles. The van der Waals surface area contributed by atoms with Crippen LogP contribution in [0, 0.1) is 6.92 Å². The van der Waals surface area contributed by atoms with Crippen LogP contribution in [-0.2, 0) is 16.6 Å². The van der Waals surface area contributed by atoms with E-state index < -0.39 is 0 Å². The van der Waals surface area contributed by atoms with Crippen LogP contribution < -0.4 is 10.6 Å². The Morgan fingerprint density at radius 3 is 3.04 bits per heavy atom. The third-order valence-corrected chi connectivity index (χ3v) is 4.83. The quantitative estimate of drug-likeness (QED) is 0.818. The number of hydrogen-bond acceptors (Lipinski definition) is 4. The van der Waals surface area contributed by atoms with Crippen LogP contribution in [0.15, 0.2) is 35.7 Å². The third-order valence-electron chi connectivity index (χ3n) is 3.77. The van der Waals surface area contributed by atoms with E-state index in [1.807, 2.05) is 42.9 Å². The van der Waals surface area contributed by atoms with E-state index in [1.165, 1.54) is 11.8 Å². The van der Waals surface area contributed by atoms with Crippen molar-refractivity contribution >= 4 is 29.3 Å². The van der Waals surface area contributed by atoms with Crippen molar-refractivity contribution in [3.8, 4) is 0 Å². The Kier molecular flexibility index (Phi) is 4.38. The van der Waals surface area contributed by atoms with Crippen LogP contribution in [0.4, 0.5) is 5.69 Å². The van der Waals surface area contributed by atoms with E-state index in [9.17, 15) is 9.59 Å². The highest BCUT2D eigenvalue weighted by atomic mass is 32.2. The molecular weight excluding hydrogens is 312 g/mol. The molecule has 0 saturated heterocycles. The number of fused-ring (bicyclic) bond motifs is 1. The second kappa shape index (κ2) is 6.45. The highest BCUT2D eigenvalue weighted by Gasteiger charge is 2.30. The zero-order valence-corrected chi connectivity index (χ0v) is 13.8. The average molecular weight is 330 g/mol. The Hall–Kier alpha value is -2.28. The lowest BCUT2D eigenvalue weighted by atomic mass is 9.99. The van der Waals surface area contributed by atoms with Crippen molar-refractivity contribution in [1.29, 1.82) is 0 Å². The summed E-state index contributed by atoms with van der Waals surface area (Å²) in [6, 6.07) is 5.86. The van der Waals surface area contributed by atoms with Crippen molar-refractivity contribution in [2.75, 3.05) is 17.6 Å². The molecule has 0 radical (unpaired) electrons. The monoisotopic (exact) mass is 330 g/mol. The zero-order chi connectivity index (χ0) is 16.4. The molecule has 1 aliphatic heterocycles. The molecule has 0 bridgehead atoms. The number of aromatic nitrogens is 2. The van der Waals surface area contributed by atoms with E-state index in [4.69, 9.17) is 0 Å². The number of carbonyl (C=O) groups excluding carboxylic acids is 2. The number of rotatable bonds is 5. The van der Waals surface area contributed by atoms with Crippen molar-refractivity contribution < 1.29 is 9.59 Å². The zero-order valence-electron chi connectivity index (χ0n) is 13.0. The van der Waals surface area contributed by atoms with Gasteiger partial charge in [0.2, 0.25) is 11.8 Å². The van der Waals surface area contributed by atoms with E-state index >= 15 is 0 Å². The molecular formula is C16H18N4O2S. The molecule has 1 aliphatic rings. The topological polar surface area (TPSA) is 76.0 Å². The number of hydrogen-bond donors (Lipinski definition) is 2. The Labute approximate surface area is 138 Å². The fraction of sp³-hybridized carbons (Fsp3) is 0.312. The second-order valence-electron chi connectivity index (χ2n) is 5.55. The average Bonchev–Trinajstić information content (AvgIpc) is 3.06. The van der Waals surface area contributed by atoms with Gasteiger partial charge in [-0.2, -0.15) is 0 Å². The molecule has 3 rings (SSSR count). The summed E-state index contributed by atoms with van der Waals surface area (Å²) < 4.78 is 1.86. The van der Waals surface area contributed by atoms with E-state index in [0.29, 0.717) is 6.54 Å². The highest BCUT2D eigenvalue weighted by molar-refractivity contribution is 7.99. The van der Waals surface area contributed by atoms with E-state index in [1.54, 1.807) is 6.20 Å². The molecule has 0 fully saturated rings. The second-order valence-corrected chi connectivity index (χ2v) is 6.49. The first-order chi connectivity index (χ1) is 11.0. The van der Waals surface area contributed by atoms with E-state index in [0.717, 1.165) is 22.0 Å². The number of benzene rings is 1. The maximum Gasteiger partial charge on any atom is 0.233 e. The minimum Gasteiger partial charge on any atom is -0.354 e. The number of nitrogens with zero attached hydrogens (tertiary/aromatic N) is 2. The summed E-state index contributed by atoms with van der Waals surface area (Å²) in [5.41, 5.74) is 2.89. The van der Waals surface area contributed by atoms with Gasteiger partial charge in [-0.3, -0.25) is 9.59 Å². The molecule has 2 aromatic rings.